The molecule has 0 saturated carbocycles. The van der Waals surface area contributed by atoms with Gasteiger partial charge in [0.15, 0.2) is 0 Å². The zero-order valence-electron chi connectivity index (χ0n) is 15.0. The minimum absolute atomic E-state index is 0.0384. The highest BCUT2D eigenvalue weighted by Gasteiger charge is 2.07. The van der Waals surface area contributed by atoms with Crippen molar-refractivity contribution in [2.45, 2.75) is 32.9 Å². The normalized spacial score (nSPS) is 10.6. The molecule has 0 aliphatic carbocycles. The van der Waals surface area contributed by atoms with E-state index in [9.17, 15) is 9.59 Å². The fourth-order valence-corrected chi connectivity index (χ4v) is 2.52. The molecule has 0 spiro atoms. The van der Waals surface area contributed by atoms with Crippen LogP contribution in [-0.2, 0) is 11.3 Å². The summed E-state index contributed by atoms with van der Waals surface area (Å²) in [5.41, 5.74) is 2.30. The highest BCUT2D eigenvalue weighted by Crippen LogP contribution is 2.14. The molecule has 26 heavy (non-hydrogen) atoms. The number of rotatable bonds is 8. The van der Waals surface area contributed by atoms with Crippen molar-refractivity contribution in [1.82, 2.24) is 10.6 Å². The van der Waals surface area contributed by atoms with Crippen LogP contribution in [-0.4, -0.2) is 24.4 Å². The standard InChI is InChI=1S/C20H24ClN3O2/c1-14(2)23-19(25)10-11-22-13-15-4-3-5-18(12-15)24-20(26)16-6-8-17(21)9-7-16/h3-9,12,14,22H,10-11,13H2,1-2H3,(H,23,25)(H,24,26). The minimum atomic E-state index is -0.183. The first kappa shape index (κ1) is 19.9. The summed E-state index contributed by atoms with van der Waals surface area (Å²) in [7, 11) is 0. The first-order valence-corrected chi connectivity index (χ1v) is 8.98. The molecule has 0 bridgehead atoms. The van der Waals surface area contributed by atoms with Crippen molar-refractivity contribution in [2.24, 2.45) is 0 Å². The van der Waals surface area contributed by atoms with Gasteiger partial charge < -0.3 is 16.0 Å². The highest BCUT2D eigenvalue weighted by atomic mass is 35.5. The summed E-state index contributed by atoms with van der Waals surface area (Å²) in [4.78, 5) is 23.8. The van der Waals surface area contributed by atoms with Crippen molar-refractivity contribution in [2.75, 3.05) is 11.9 Å². The second-order valence-electron chi connectivity index (χ2n) is 6.31. The van der Waals surface area contributed by atoms with Gasteiger partial charge in [0.2, 0.25) is 5.91 Å². The predicted octanol–water partition coefficient (Wildman–Crippen LogP) is 3.60. The average molecular weight is 374 g/mol. The first-order chi connectivity index (χ1) is 12.4. The fraction of sp³-hybridized carbons (Fsp3) is 0.300. The number of carbonyl (C=O) groups is 2. The molecule has 0 fully saturated rings. The second-order valence-corrected chi connectivity index (χ2v) is 6.75. The molecule has 0 radical (unpaired) electrons. The van der Waals surface area contributed by atoms with Crippen LogP contribution in [0, 0.1) is 0 Å². The van der Waals surface area contributed by atoms with Crippen molar-refractivity contribution in [3.05, 3.63) is 64.7 Å². The molecule has 2 amide bonds. The Bertz CT molecular complexity index is 745. The monoisotopic (exact) mass is 373 g/mol. The molecule has 0 heterocycles. The molecule has 0 aliphatic heterocycles. The van der Waals surface area contributed by atoms with Crippen molar-refractivity contribution in [3.8, 4) is 0 Å². The van der Waals surface area contributed by atoms with Gasteiger partial charge in [0.1, 0.15) is 0 Å². The maximum absolute atomic E-state index is 12.2. The number of hydrogen-bond acceptors (Lipinski definition) is 3. The van der Waals surface area contributed by atoms with E-state index in [0.717, 1.165) is 11.3 Å². The van der Waals surface area contributed by atoms with Gasteiger partial charge in [0, 0.05) is 41.8 Å². The smallest absolute Gasteiger partial charge is 0.255 e. The molecule has 0 atom stereocenters. The summed E-state index contributed by atoms with van der Waals surface area (Å²) in [6, 6.07) is 14.5. The van der Waals surface area contributed by atoms with E-state index in [4.69, 9.17) is 11.6 Å². The van der Waals surface area contributed by atoms with Gasteiger partial charge in [-0.15, -0.1) is 0 Å². The third kappa shape index (κ3) is 6.86. The number of halogens is 1. The number of anilines is 1. The SMILES string of the molecule is CC(C)NC(=O)CCNCc1cccc(NC(=O)c2ccc(Cl)cc2)c1. The molecule has 138 valence electrons. The van der Waals surface area contributed by atoms with Crippen LogP contribution < -0.4 is 16.0 Å². The van der Waals surface area contributed by atoms with Gasteiger partial charge in [0.25, 0.3) is 5.91 Å². The maximum atomic E-state index is 12.2. The zero-order chi connectivity index (χ0) is 18.9. The first-order valence-electron chi connectivity index (χ1n) is 8.60. The Hall–Kier alpha value is -2.37. The Balaban J connectivity index is 1.83. The molecule has 5 nitrogen and oxygen atoms in total. The topological polar surface area (TPSA) is 70.2 Å². The van der Waals surface area contributed by atoms with Gasteiger partial charge >= 0.3 is 0 Å². The number of hydrogen-bond donors (Lipinski definition) is 3. The van der Waals surface area contributed by atoms with Crippen LogP contribution in [0.5, 0.6) is 0 Å². The Morgan fingerprint density at radius 3 is 2.50 bits per heavy atom. The maximum Gasteiger partial charge on any atom is 0.255 e. The number of benzene rings is 2. The molecule has 0 saturated heterocycles. The summed E-state index contributed by atoms with van der Waals surface area (Å²) in [5.74, 6) is -0.145. The summed E-state index contributed by atoms with van der Waals surface area (Å²) in [5, 5.41) is 9.56. The van der Waals surface area contributed by atoms with Crippen molar-refractivity contribution >= 4 is 29.1 Å². The molecular weight excluding hydrogens is 350 g/mol. The van der Waals surface area contributed by atoms with Crippen LogP contribution >= 0.6 is 11.6 Å². The van der Waals surface area contributed by atoms with Crippen LogP contribution in [0.1, 0.15) is 36.2 Å². The fourth-order valence-electron chi connectivity index (χ4n) is 2.39. The summed E-state index contributed by atoms with van der Waals surface area (Å²) in [6.07, 6.45) is 0.436. The lowest BCUT2D eigenvalue weighted by molar-refractivity contribution is -0.121. The van der Waals surface area contributed by atoms with E-state index in [-0.39, 0.29) is 17.9 Å². The lowest BCUT2D eigenvalue weighted by atomic mass is 10.1. The molecule has 2 rings (SSSR count). The van der Waals surface area contributed by atoms with Crippen molar-refractivity contribution < 1.29 is 9.59 Å². The van der Waals surface area contributed by atoms with Crippen LogP contribution in [0.4, 0.5) is 5.69 Å². The van der Waals surface area contributed by atoms with Gasteiger partial charge in [-0.25, -0.2) is 0 Å². The third-order valence-electron chi connectivity index (χ3n) is 3.60. The van der Waals surface area contributed by atoms with Gasteiger partial charge in [-0.3, -0.25) is 9.59 Å². The van der Waals surface area contributed by atoms with Crippen LogP contribution in [0.25, 0.3) is 0 Å². The molecule has 2 aromatic carbocycles. The van der Waals surface area contributed by atoms with Crippen molar-refractivity contribution in [3.63, 3.8) is 0 Å². The Labute approximate surface area is 159 Å². The largest absolute Gasteiger partial charge is 0.354 e. The van der Waals surface area contributed by atoms with Crippen LogP contribution in [0.15, 0.2) is 48.5 Å². The minimum Gasteiger partial charge on any atom is -0.354 e. The van der Waals surface area contributed by atoms with Gasteiger partial charge in [-0.2, -0.15) is 0 Å². The highest BCUT2D eigenvalue weighted by molar-refractivity contribution is 6.30. The van der Waals surface area contributed by atoms with Gasteiger partial charge in [0.05, 0.1) is 0 Å². The Kier molecular flexibility index (Phi) is 7.63. The number of carbonyl (C=O) groups excluding carboxylic acids is 2. The zero-order valence-corrected chi connectivity index (χ0v) is 15.8. The Morgan fingerprint density at radius 2 is 1.81 bits per heavy atom. The predicted molar refractivity (Wildman–Crippen MR) is 105 cm³/mol. The van der Waals surface area contributed by atoms with Gasteiger partial charge in [-0.05, 0) is 55.8 Å². The van der Waals surface area contributed by atoms with Crippen LogP contribution in [0.2, 0.25) is 5.02 Å². The molecule has 0 aromatic heterocycles. The molecule has 0 aliphatic rings. The van der Waals surface area contributed by atoms with E-state index in [1.807, 2.05) is 38.1 Å². The summed E-state index contributed by atoms with van der Waals surface area (Å²) >= 11 is 5.84. The average Bonchev–Trinajstić information content (AvgIpc) is 2.59. The van der Waals surface area contributed by atoms with E-state index in [1.54, 1.807) is 24.3 Å². The van der Waals surface area contributed by atoms with E-state index in [2.05, 4.69) is 16.0 Å². The number of amides is 2. The summed E-state index contributed by atoms with van der Waals surface area (Å²) in [6.45, 7) is 5.10. The van der Waals surface area contributed by atoms with Crippen molar-refractivity contribution in [1.29, 1.82) is 0 Å². The van der Waals surface area contributed by atoms with E-state index in [1.165, 1.54) is 0 Å². The molecule has 2 aromatic rings. The quantitative estimate of drug-likeness (QED) is 0.619. The van der Waals surface area contributed by atoms with E-state index >= 15 is 0 Å². The molecule has 3 N–H and O–H groups in total. The Morgan fingerprint density at radius 1 is 1.08 bits per heavy atom. The second kappa shape index (κ2) is 9.94. The number of nitrogens with one attached hydrogen (secondary N) is 3. The third-order valence-corrected chi connectivity index (χ3v) is 3.85. The lowest BCUT2D eigenvalue weighted by Gasteiger charge is -2.10. The lowest BCUT2D eigenvalue weighted by Crippen LogP contribution is -2.32. The van der Waals surface area contributed by atoms with E-state index in [0.29, 0.717) is 30.1 Å². The molecule has 0 unspecified atom stereocenters. The van der Waals surface area contributed by atoms with E-state index < -0.39 is 0 Å². The van der Waals surface area contributed by atoms with Gasteiger partial charge in [-0.1, -0.05) is 23.7 Å². The molecule has 6 heteroatoms. The molecular formula is C20H24ClN3O2. The summed E-state index contributed by atoms with van der Waals surface area (Å²) < 4.78 is 0. The van der Waals surface area contributed by atoms with Crippen LogP contribution in [0.3, 0.4) is 0 Å².